The molecule has 4 rings (SSSR count). The Labute approximate surface area is 183 Å². The van der Waals surface area contributed by atoms with Gasteiger partial charge in [-0.2, -0.15) is 17.5 Å². The molecule has 0 aliphatic heterocycles. The standard InChI is InChI=1S/C19H12F4N4O3S2/c1-30-17-6-12(19(21,22)23)3-5-16(17)27(18-25-10-26-31-18)32(28,29)13-4-2-11-8-24-9-15(20)14(11)7-13/h2-10H,1H3. The van der Waals surface area contributed by atoms with E-state index in [1.807, 2.05) is 0 Å². The van der Waals surface area contributed by atoms with Gasteiger partial charge in [-0.15, -0.1) is 0 Å². The van der Waals surface area contributed by atoms with E-state index in [1.165, 1.54) is 18.3 Å². The van der Waals surface area contributed by atoms with E-state index < -0.39 is 27.6 Å². The number of fused-ring (bicyclic) bond motifs is 1. The first-order valence-electron chi connectivity index (χ1n) is 8.73. The normalized spacial score (nSPS) is 12.2. The summed E-state index contributed by atoms with van der Waals surface area (Å²) >= 11 is 0.707. The van der Waals surface area contributed by atoms with Gasteiger partial charge in [-0.3, -0.25) is 4.98 Å². The number of hydrogen-bond acceptors (Lipinski definition) is 7. The van der Waals surface area contributed by atoms with Crippen LogP contribution in [0.2, 0.25) is 0 Å². The first-order valence-corrected chi connectivity index (χ1v) is 10.9. The molecule has 0 saturated heterocycles. The van der Waals surface area contributed by atoms with Gasteiger partial charge in [0, 0.05) is 28.5 Å². The molecule has 4 aromatic rings. The molecule has 13 heteroatoms. The highest BCUT2D eigenvalue weighted by atomic mass is 32.2. The number of aromatic nitrogens is 3. The Bertz CT molecular complexity index is 1390. The smallest absolute Gasteiger partial charge is 0.416 e. The van der Waals surface area contributed by atoms with E-state index in [2.05, 4.69) is 14.3 Å². The third kappa shape index (κ3) is 3.84. The summed E-state index contributed by atoms with van der Waals surface area (Å²) in [5, 5.41) is 0.245. The van der Waals surface area contributed by atoms with Crippen molar-refractivity contribution >= 4 is 43.1 Å². The molecular weight excluding hydrogens is 472 g/mol. The second-order valence-corrected chi connectivity index (χ2v) is 8.93. The lowest BCUT2D eigenvalue weighted by molar-refractivity contribution is -0.137. The summed E-state index contributed by atoms with van der Waals surface area (Å²) in [6.07, 6.45) is -1.25. The number of benzene rings is 2. The molecule has 0 amide bonds. The van der Waals surface area contributed by atoms with Crippen molar-refractivity contribution in [3.63, 3.8) is 0 Å². The molecule has 32 heavy (non-hydrogen) atoms. The van der Waals surface area contributed by atoms with Crippen molar-refractivity contribution < 1.29 is 30.7 Å². The molecule has 0 fully saturated rings. The predicted octanol–water partition coefficient (Wildman–Crippen LogP) is 4.78. The molecule has 0 atom stereocenters. The molecule has 0 spiro atoms. The topological polar surface area (TPSA) is 85.3 Å². The van der Waals surface area contributed by atoms with Crippen molar-refractivity contribution in [2.45, 2.75) is 11.1 Å². The predicted molar refractivity (Wildman–Crippen MR) is 109 cm³/mol. The zero-order chi connectivity index (χ0) is 23.1. The summed E-state index contributed by atoms with van der Waals surface area (Å²) in [5.41, 5.74) is -1.24. The molecule has 0 radical (unpaired) electrons. The molecule has 2 aromatic heterocycles. The van der Waals surface area contributed by atoms with Crippen LogP contribution in [0.25, 0.3) is 10.8 Å². The van der Waals surface area contributed by atoms with E-state index in [4.69, 9.17) is 4.74 Å². The van der Waals surface area contributed by atoms with Gasteiger partial charge in [-0.05, 0) is 30.3 Å². The number of ether oxygens (including phenoxy) is 1. The first kappa shape index (κ1) is 21.9. The van der Waals surface area contributed by atoms with E-state index in [1.54, 1.807) is 0 Å². The van der Waals surface area contributed by atoms with E-state index >= 15 is 0 Å². The van der Waals surface area contributed by atoms with Gasteiger partial charge in [-0.1, -0.05) is 6.07 Å². The number of hydrogen-bond donors (Lipinski definition) is 0. The van der Waals surface area contributed by atoms with Crippen molar-refractivity contribution in [1.29, 1.82) is 0 Å². The maximum Gasteiger partial charge on any atom is 0.416 e. The van der Waals surface area contributed by atoms with Crippen molar-refractivity contribution in [3.8, 4) is 5.75 Å². The Morgan fingerprint density at radius 1 is 1.09 bits per heavy atom. The van der Waals surface area contributed by atoms with Crippen LogP contribution in [0, 0.1) is 5.82 Å². The summed E-state index contributed by atoms with van der Waals surface area (Å²) in [6, 6.07) is 6.11. The lowest BCUT2D eigenvalue weighted by atomic mass is 10.2. The molecule has 166 valence electrons. The minimum atomic E-state index is -4.66. The molecular formula is C19H12F4N4O3S2. The lowest BCUT2D eigenvalue weighted by Gasteiger charge is -2.24. The molecule has 0 bridgehead atoms. The molecule has 0 aliphatic rings. The first-order chi connectivity index (χ1) is 15.1. The third-order valence-electron chi connectivity index (χ3n) is 4.47. The Balaban J connectivity index is 1.93. The van der Waals surface area contributed by atoms with Gasteiger partial charge >= 0.3 is 6.18 Å². The molecule has 0 N–H and O–H groups in total. The van der Waals surface area contributed by atoms with Gasteiger partial charge in [0.15, 0.2) is 0 Å². The number of pyridine rings is 1. The van der Waals surface area contributed by atoms with Crippen LogP contribution in [-0.4, -0.2) is 29.9 Å². The Morgan fingerprint density at radius 2 is 1.88 bits per heavy atom. The van der Waals surface area contributed by atoms with Crippen LogP contribution in [0.5, 0.6) is 5.75 Å². The van der Waals surface area contributed by atoms with E-state index in [0.717, 1.165) is 37.8 Å². The Kier molecular flexibility index (Phi) is 5.46. The maximum atomic E-state index is 14.2. The number of anilines is 2. The van der Waals surface area contributed by atoms with Gasteiger partial charge in [-0.25, -0.2) is 22.1 Å². The van der Waals surface area contributed by atoms with Crippen LogP contribution in [-0.2, 0) is 16.2 Å². The summed E-state index contributed by atoms with van der Waals surface area (Å²) in [5.74, 6) is -1.08. The Hall–Kier alpha value is -3.32. The van der Waals surface area contributed by atoms with E-state index in [-0.39, 0.29) is 26.9 Å². The number of halogens is 4. The van der Waals surface area contributed by atoms with Crippen LogP contribution in [0.15, 0.2) is 60.0 Å². The van der Waals surface area contributed by atoms with Gasteiger partial charge in [0.25, 0.3) is 10.0 Å². The third-order valence-corrected chi connectivity index (χ3v) is 6.94. The summed E-state index contributed by atoms with van der Waals surface area (Å²) in [6.45, 7) is 0. The zero-order valence-corrected chi connectivity index (χ0v) is 17.7. The highest BCUT2D eigenvalue weighted by Gasteiger charge is 2.35. The molecule has 0 saturated carbocycles. The van der Waals surface area contributed by atoms with Gasteiger partial charge in [0.1, 0.15) is 23.6 Å². The minimum absolute atomic E-state index is 0.0117. The average molecular weight is 484 g/mol. The number of nitrogens with zero attached hydrogens (tertiary/aromatic N) is 4. The molecule has 0 unspecified atom stereocenters. The fourth-order valence-corrected chi connectivity index (χ4v) is 5.22. The minimum Gasteiger partial charge on any atom is -0.495 e. The van der Waals surface area contributed by atoms with Crippen molar-refractivity contribution in [3.05, 3.63) is 66.5 Å². The fourth-order valence-electron chi connectivity index (χ4n) is 2.99. The highest BCUT2D eigenvalue weighted by molar-refractivity contribution is 7.93. The number of methoxy groups -OCH3 is 1. The van der Waals surface area contributed by atoms with E-state index in [9.17, 15) is 26.0 Å². The largest absolute Gasteiger partial charge is 0.495 e. The summed E-state index contributed by atoms with van der Waals surface area (Å²) < 4.78 is 90.4. The summed E-state index contributed by atoms with van der Waals surface area (Å²) in [4.78, 5) is 7.31. The maximum absolute atomic E-state index is 14.2. The average Bonchev–Trinajstić information content (AvgIpc) is 3.27. The molecule has 7 nitrogen and oxygen atoms in total. The molecule has 2 aromatic carbocycles. The van der Waals surface area contributed by atoms with Crippen molar-refractivity contribution in [2.24, 2.45) is 0 Å². The van der Waals surface area contributed by atoms with Gasteiger partial charge in [0.2, 0.25) is 5.13 Å². The second-order valence-electron chi connectivity index (χ2n) is 6.38. The van der Waals surface area contributed by atoms with Crippen molar-refractivity contribution in [1.82, 2.24) is 14.3 Å². The monoisotopic (exact) mass is 484 g/mol. The fraction of sp³-hybridized carbons (Fsp3) is 0.105. The molecule has 2 heterocycles. The van der Waals surface area contributed by atoms with E-state index in [0.29, 0.717) is 27.3 Å². The van der Waals surface area contributed by atoms with Crippen LogP contribution in [0.1, 0.15) is 5.56 Å². The van der Waals surface area contributed by atoms with Crippen LogP contribution < -0.4 is 9.04 Å². The van der Waals surface area contributed by atoms with Crippen LogP contribution >= 0.6 is 11.5 Å². The highest BCUT2D eigenvalue weighted by Crippen LogP contribution is 2.42. The van der Waals surface area contributed by atoms with Crippen LogP contribution in [0.3, 0.4) is 0 Å². The quantitative estimate of drug-likeness (QED) is 0.379. The summed E-state index contributed by atoms with van der Waals surface area (Å²) in [7, 11) is -3.36. The Morgan fingerprint density at radius 3 is 2.53 bits per heavy atom. The number of alkyl halides is 3. The number of rotatable bonds is 5. The second kappa shape index (κ2) is 7.98. The van der Waals surface area contributed by atoms with Gasteiger partial charge in [0.05, 0.1) is 23.8 Å². The SMILES string of the molecule is COc1cc(C(F)(F)F)ccc1N(c1ncns1)S(=O)(=O)c1ccc2cncc(F)c2c1. The lowest BCUT2D eigenvalue weighted by Crippen LogP contribution is -2.27. The van der Waals surface area contributed by atoms with Gasteiger partial charge < -0.3 is 4.74 Å². The van der Waals surface area contributed by atoms with Crippen molar-refractivity contribution in [2.75, 3.05) is 11.4 Å². The molecule has 0 aliphatic carbocycles. The van der Waals surface area contributed by atoms with Crippen LogP contribution in [0.4, 0.5) is 28.4 Å². The number of sulfonamides is 1. The zero-order valence-electron chi connectivity index (χ0n) is 16.0.